The zero-order valence-corrected chi connectivity index (χ0v) is 18.4. The minimum atomic E-state index is -3.65. The minimum Gasteiger partial charge on any atom is -0.356 e. The van der Waals surface area contributed by atoms with Crippen LogP contribution in [0.25, 0.3) is 11.0 Å². The van der Waals surface area contributed by atoms with Gasteiger partial charge in [-0.05, 0) is 50.5 Å². The third-order valence-electron chi connectivity index (χ3n) is 4.94. The van der Waals surface area contributed by atoms with Crippen molar-refractivity contribution in [1.82, 2.24) is 19.6 Å². The molecule has 2 N–H and O–H groups in total. The number of carbonyl (C=O) groups excluding carboxylic acids is 1. The van der Waals surface area contributed by atoms with Gasteiger partial charge in [-0.25, -0.2) is 18.1 Å². The van der Waals surface area contributed by atoms with E-state index in [1.807, 2.05) is 43.3 Å². The summed E-state index contributed by atoms with van der Waals surface area (Å²) in [5.41, 5.74) is 4.45. The molecule has 30 heavy (non-hydrogen) atoms. The zero-order chi connectivity index (χ0) is 21.7. The number of sulfonamides is 1. The van der Waals surface area contributed by atoms with Gasteiger partial charge in [-0.2, -0.15) is 0 Å². The Morgan fingerprint density at radius 3 is 2.50 bits per heavy atom. The average Bonchev–Trinajstić information content (AvgIpc) is 3.07. The van der Waals surface area contributed by atoms with Crippen molar-refractivity contribution in [1.29, 1.82) is 0 Å². The predicted octanol–water partition coefficient (Wildman–Crippen LogP) is 2.84. The van der Waals surface area contributed by atoms with Gasteiger partial charge in [0.15, 0.2) is 0 Å². The van der Waals surface area contributed by atoms with E-state index in [2.05, 4.69) is 19.6 Å². The molecule has 0 saturated heterocycles. The first-order chi connectivity index (χ1) is 14.3. The molecule has 0 spiro atoms. The highest BCUT2D eigenvalue weighted by atomic mass is 32.2. The number of aryl methyl sites for hydroxylation is 4. The van der Waals surface area contributed by atoms with Crippen molar-refractivity contribution in [2.45, 2.75) is 45.1 Å². The number of para-hydroxylation sites is 2. The van der Waals surface area contributed by atoms with Gasteiger partial charge in [-0.15, -0.1) is 0 Å². The third-order valence-corrected chi connectivity index (χ3v) is 6.71. The summed E-state index contributed by atoms with van der Waals surface area (Å²) in [6, 6.07) is 11.6. The normalized spacial score (nSPS) is 11.7. The number of benzene rings is 2. The molecule has 8 heteroatoms. The molecule has 3 rings (SSSR count). The lowest BCUT2D eigenvalue weighted by Crippen LogP contribution is -2.32. The quantitative estimate of drug-likeness (QED) is 0.513. The number of rotatable bonds is 9. The SMILES string of the molecule is Cc1cc(C)c(S(=O)(=O)NCCC(=O)NCCCn2cnc3ccccc32)c(C)c1. The van der Waals surface area contributed by atoms with Crippen LogP contribution in [0, 0.1) is 20.8 Å². The van der Waals surface area contributed by atoms with Crippen molar-refractivity contribution in [3.05, 3.63) is 59.4 Å². The Bertz CT molecular complexity index is 1130. The number of fused-ring (bicyclic) bond motifs is 1. The van der Waals surface area contributed by atoms with E-state index >= 15 is 0 Å². The summed E-state index contributed by atoms with van der Waals surface area (Å²) in [7, 11) is -3.65. The Morgan fingerprint density at radius 1 is 1.07 bits per heavy atom. The van der Waals surface area contributed by atoms with Gasteiger partial charge < -0.3 is 9.88 Å². The van der Waals surface area contributed by atoms with Crippen LogP contribution in [0.5, 0.6) is 0 Å². The number of imidazole rings is 1. The second kappa shape index (κ2) is 9.40. The van der Waals surface area contributed by atoms with Crippen molar-refractivity contribution in [3.8, 4) is 0 Å². The molecule has 160 valence electrons. The van der Waals surface area contributed by atoms with Crippen LogP contribution in [0.4, 0.5) is 0 Å². The second-order valence-corrected chi connectivity index (χ2v) is 9.21. The van der Waals surface area contributed by atoms with Crippen LogP contribution in [0.3, 0.4) is 0 Å². The molecule has 0 atom stereocenters. The van der Waals surface area contributed by atoms with Gasteiger partial charge in [0.1, 0.15) is 0 Å². The molecule has 0 saturated carbocycles. The number of carbonyl (C=O) groups is 1. The first kappa shape index (κ1) is 22.0. The van der Waals surface area contributed by atoms with E-state index in [0.717, 1.165) is 29.6 Å². The number of nitrogens with zero attached hydrogens (tertiary/aromatic N) is 2. The molecule has 0 fully saturated rings. The van der Waals surface area contributed by atoms with Crippen molar-refractivity contribution in [2.24, 2.45) is 0 Å². The number of nitrogens with one attached hydrogen (secondary N) is 2. The molecule has 7 nitrogen and oxygen atoms in total. The van der Waals surface area contributed by atoms with Gasteiger partial charge in [0, 0.05) is 26.1 Å². The summed E-state index contributed by atoms with van der Waals surface area (Å²) in [5.74, 6) is -0.175. The first-order valence-corrected chi connectivity index (χ1v) is 11.5. The van der Waals surface area contributed by atoms with Gasteiger partial charge >= 0.3 is 0 Å². The topological polar surface area (TPSA) is 93.1 Å². The van der Waals surface area contributed by atoms with E-state index in [4.69, 9.17) is 0 Å². The second-order valence-electron chi connectivity index (χ2n) is 7.51. The minimum absolute atomic E-state index is 0.0626. The number of hydrogen-bond donors (Lipinski definition) is 2. The van der Waals surface area contributed by atoms with E-state index in [9.17, 15) is 13.2 Å². The van der Waals surface area contributed by atoms with Gasteiger partial charge in [-0.3, -0.25) is 4.79 Å². The standard InChI is InChI=1S/C22H28N4O3S/c1-16-13-17(2)22(18(3)14-16)30(28,29)25-11-9-21(27)23-10-6-12-26-15-24-19-7-4-5-8-20(19)26/h4-5,7-8,13-15,25H,6,9-12H2,1-3H3,(H,23,27). The van der Waals surface area contributed by atoms with Crippen LogP contribution in [0.1, 0.15) is 29.5 Å². The van der Waals surface area contributed by atoms with E-state index in [1.165, 1.54) is 0 Å². The molecule has 0 radical (unpaired) electrons. The lowest BCUT2D eigenvalue weighted by molar-refractivity contribution is -0.120. The molecular weight excluding hydrogens is 400 g/mol. The largest absolute Gasteiger partial charge is 0.356 e. The Morgan fingerprint density at radius 2 is 1.77 bits per heavy atom. The molecule has 0 aliphatic rings. The summed E-state index contributed by atoms with van der Waals surface area (Å²) in [6.45, 7) is 6.83. The maximum Gasteiger partial charge on any atom is 0.241 e. The van der Waals surface area contributed by atoms with E-state index in [0.29, 0.717) is 22.6 Å². The lowest BCUT2D eigenvalue weighted by Gasteiger charge is -2.13. The number of aromatic nitrogens is 2. The molecule has 1 amide bonds. The van der Waals surface area contributed by atoms with E-state index in [-0.39, 0.29) is 18.9 Å². The highest BCUT2D eigenvalue weighted by molar-refractivity contribution is 7.89. The maximum absolute atomic E-state index is 12.6. The molecule has 3 aromatic rings. The van der Waals surface area contributed by atoms with Crippen LogP contribution >= 0.6 is 0 Å². The highest BCUT2D eigenvalue weighted by Gasteiger charge is 2.19. The Balaban J connectivity index is 1.43. The summed E-state index contributed by atoms with van der Waals surface area (Å²) in [6.07, 6.45) is 2.66. The van der Waals surface area contributed by atoms with Crippen LogP contribution in [-0.4, -0.2) is 37.0 Å². The van der Waals surface area contributed by atoms with Crippen molar-refractivity contribution >= 4 is 27.0 Å². The zero-order valence-electron chi connectivity index (χ0n) is 17.6. The van der Waals surface area contributed by atoms with Crippen molar-refractivity contribution in [3.63, 3.8) is 0 Å². The van der Waals surface area contributed by atoms with Crippen LogP contribution in [-0.2, 0) is 21.4 Å². The predicted molar refractivity (Wildman–Crippen MR) is 118 cm³/mol. The van der Waals surface area contributed by atoms with Crippen LogP contribution in [0.2, 0.25) is 0 Å². The van der Waals surface area contributed by atoms with Crippen LogP contribution < -0.4 is 10.0 Å². The molecular formula is C22H28N4O3S. The van der Waals surface area contributed by atoms with Gasteiger partial charge in [0.05, 0.1) is 22.3 Å². The smallest absolute Gasteiger partial charge is 0.241 e. The van der Waals surface area contributed by atoms with Gasteiger partial charge in [0.2, 0.25) is 15.9 Å². The number of amides is 1. The average molecular weight is 429 g/mol. The van der Waals surface area contributed by atoms with Crippen molar-refractivity contribution < 1.29 is 13.2 Å². The summed E-state index contributed by atoms with van der Waals surface area (Å²) in [4.78, 5) is 16.7. The monoisotopic (exact) mass is 428 g/mol. The summed E-state index contributed by atoms with van der Waals surface area (Å²) in [5, 5.41) is 2.84. The number of hydrogen-bond acceptors (Lipinski definition) is 4. The molecule has 0 aliphatic heterocycles. The molecule has 0 bridgehead atoms. The molecule has 1 aromatic heterocycles. The molecule has 0 unspecified atom stereocenters. The van der Waals surface area contributed by atoms with Crippen LogP contribution in [0.15, 0.2) is 47.6 Å². The summed E-state index contributed by atoms with van der Waals surface area (Å²) >= 11 is 0. The van der Waals surface area contributed by atoms with Gasteiger partial charge in [0.25, 0.3) is 0 Å². The first-order valence-electron chi connectivity index (χ1n) is 10.0. The maximum atomic E-state index is 12.6. The fourth-order valence-electron chi connectivity index (χ4n) is 3.72. The van der Waals surface area contributed by atoms with Crippen molar-refractivity contribution in [2.75, 3.05) is 13.1 Å². The highest BCUT2D eigenvalue weighted by Crippen LogP contribution is 2.21. The molecule has 1 heterocycles. The third kappa shape index (κ3) is 5.25. The Kier molecular flexibility index (Phi) is 6.89. The Labute approximate surface area is 177 Å². The van der Waals surface area contributed by atoms with E-state index < -0.39 is 10.0 Å². The summed E-state index contributed by atoms with van der Waals surface area (Å²) < 4.78 is 29.8. The fourth-order valence-corrected chi connectivity index (χ4v) is 5.20. The fraction of sp³-hybridized carbons (Fsp3) is 0.364. The van der Waals surface area contributed by atoms with E-state index in [1.54, 1.807) is 20.2 Å². The molecule has 2 aromatic carbocycles. The lowest BCUT2D eigenvalue weighted by atomic mass is 10.1. The van der Waals surface area contributed by atoms with Gasteiger partial charge in [-0.1, -0.05) is 29.8 Å². The Hall–Kier alpha value is -2.71. The molecule has 0 aliphatic carbocycles.